The molecule has 0 heterocycles. The highest BCUT2D eigenvalue weighted by Gasteiger charge is 2.02. The van der Waals surface area contributed by atoms with Gasteiger partial charge in [0.2, 0.25) is 6.41 Å². The predicted octanol–water partition coefficient (Wildman–Crippen LogP) is 0.554. The Morgan fingerprint density at radius 1 is 1.00 bits per heavy atom. The van der Waals surface area contributed by atoms with Gasteiger partial charge in [-0.1, -0.05) is 18.2 Å². The second-order valence-electron chi connectivity index (χ2n) is 3.93. The van der Waals surface area contributed by atoms with Gasteiger partial charge in [-0.3, -0.25) is 4.79 Å². The highest BCUT2D eigenvalue weighted by molar-refractivity contribution is 5.70. The molecule has 0 spiro atoms. The first-order chi connectivity index (χ1) is 10.3. The van der Waals surface area contributed by atoms with Crippen molar-refractivity contribution in [1.82, 2.24) is 10.6 Å². The van der Waals surface area contributed by atoms with E-state index in [9.17, 15) is 9.59 Å². The Labute approximate surface area is 123 Å². The summed E-state index contributed by atoms with van der Waals surface area (Å²) in [6, 6.07) is 8.82. The molecule has 7 nitrogen and oxygen atoms in total. The van der Waals surface area contributed by atoms with Gasteiger partial charge in [-0.25, -0.2) is 4.79 Å². The van der Waals surface area contributed by atoms with E-state index >= 15 is 0 Å². The number of carbonyl (C=O) groups excluding carboxylic acids is 2. The van der Waals surface area contributed by atoms with E-state index in [1.807, 2.05) is 6.07 Å². The van der Waals surface area contributed by atoms with Crippen molar-refractivity contribution < 1.29 is 23.8 Å². The van der Waals surface area contributed by atoms with Gasteiger partial charge in [0.05, 0.1) is 26.4 Å². The van der Waals surface area contributed by atoms with E-state index in [4.69, 9.17) is 14.2 Å². The minimum atomic E-state index is -0.513. The molecule has 116 valence electrons. The van der Waals surface area contributed by atoms with Crippen LogP contribution in [-0.4, -0.2) is 52.0 Å². The molecule has 0 radical (unpaired) electrons. The van der Waals surface area contributed by atoms with Crippen molar-refractivity contribution in [2.24, 2.45) is 0 Å². The summed E-state index contributed by atoms with van der Waals surface area (Å²) in [4.78, 5) is 21.3. The van der Waals surface area contributed by atoms with Crippen LogP contribution in [0, 0.1) is 0 Å². The molecular weight excluding hydrogens is 276 g/mol. The van der Waals surface area contributed by atoms with Crippen molar-refractivity contribution in [1.29, 1.82) is 0 Å². The maximum atomic E-state index is 11.4. The van der Waals surface area contributed by atoms with E-state index in [2.05, 4.69) is 10.6 Å². The SMILES string of the molecule is O=CNCCOCCOCCNC(=O)Oc1ccccc1. The fourth-order valence-corrected chi connectivity index (χ4v) is 1.37. The van der Waals surface area contributed by atoms with Crippen LogP contribution >= 0.6 is 0 Å². The Hall–Kier alpha value is -2.12. The van der Waals surface area contributed by atoms with Crippen LogP contribution < -0.4 is 15.4 Å². The van der Waals surface area contributed by atoms with Crippen molar-refractivity contribution in [3.63, 3.8) is 0 Å². The van der Waals surface area contributed by atoms with Crippen LogP contribution in [0.1, 0.15) is 0 Å². The number of nitrogens with one attached hydrogen (secondary N) is 2. The molecule has 0 aliphatic heterocycles. The van der Waals surface area contributed by atoms with Crippen LogP contribution in [0.2, 0.25) is 0 Å². The molecule has 0 unspecified atom stereocenters. The number of rotatable bonds is 11. The molecule has 0 aromatic heterocycles. The van der Waals surface area contributed by atoms with Crippen LogP contribution in [0.5, 0.6) is 5.75 Å². The number of hydrogen-bond acceptors (Lipinski definition) is 5. The molecule has 1 aromatic rings. The minimum absolute atomic E-state index is 0.359. The molecule has 0 saturated carbocycles. The zero-order valence-electron chi connectivity index (χ0n) is 11.7. The first-order valence-electron chi connectivity index (χ1n) is 6.66. The van der Waals surface area contributed by atoms with E-state index in [0.717, 1.165) is 0 Å². The zero-order chi connectivity index (χ0) is 15.2. The van der Waals surface area contributed by atoms with Crippen molar-refractivity contribution in [3.05, 3.63) is 30.3 Å². The average molecular weight is 296 g/mol. The van der Waals surface area contributed by atoms with Crippen molar-refractivity contribution in [2.45, 2.75) is 0 Å². The predicted molar refractivity (Wildman–Crippen MR) is 76.2 cm³/mol. The summed E-state index contributed by atoms with van der Waals surface area (Å²) in [5, 5.41) is 5.06. The molecule has 21 heavy (non-hydrogen) atoms. The summed E-state index contributed by atoms with van der Waals surface area (Å²) >= 11 is 0. The molecule has 0 fully saturated rings. The van der Waals surface area contributed by atoms with Crippen LogP contribution in [0.3, 0.4) is 0 Å². The average Bonchev–Trinajstić information content (AvgIpc) is 2.50. The van der Waals surface area contributed by atoms with E-state index in [0.29, 0.717) is 51.7 Å². The third-order valence-corrected chi connectivity index (χ3v) is 2.32. The first kappa shape index (κ1) is 16.9. The van der Waals surface area contributed by atoms with Crippen molar-refractivity contribution >= 4 is 12.5 Å². The lowest BCUT2D eigenvalue weighted by atomic mass is 10.3. The summed E-state index contributed by atoms with van der Waals surface area (Å²) in [6.45, 7) is 2.53. The second kappa shape index (κ2) is 11.7. The third kappa shape index (κ3) is 9.42. The van der Waals surface area contributed by atoms with Gasteiger partial charge in [0, 0.05) is 13.1 Å². The summed E-state index contributed by atoms with van der Waals surface area (Å²) in [5.74, 6) is 0.494. The maximum absolute atomic E-state index is 11.4. The van der Waals surface area contributed by atoms with Gasteiger partial charge >= 0.3 is 6.09 Å². The van der Waals surface area contributed by atoms with Gasteiger partial charge in [-0.05, 0) is 12.1 Å². The quantitative estimate of drug-likeness (QED) is 0.460. The van der Waals surface area contributed by atoms with Crippen LogP contribution in [0.25, 0.3) is 0 Å². The Morgan fingerprint density at radius 3 is 2.33 bits per heavy atom. The second-order valence-corrected chi connectivity index (χ2v) is 3.93. The Bertz CT molecular complexity index is 400. The molecule has 2 N–H and O–H groups in total. The van der Waals surface area contributed by atoms with Crippen LogP contribution in [0.15, 0.2) is 30.3 Å². The van der Waals surface area contributed by atoms with Crippen molar-refractivity contribution in [2.75, 3.05) is 39.5 Å². The van der Waals surface area contributed by atoms with Crippen molar-refractivity contribution in [3.8, 4) is 5.75 Å². The van der Waals surface area contributed by atoms with E-state index < -0.39 is 6.09 Å². The third-order valence-electron chi connectivity index (χ3n) is 2.32. The molecule has 1 aromatic carbocycles. The summed E-state index contributed by atoms with van der Waals surface area (Å²) in [7, 11) is 0. The monoisotopic (exact) mass is 296 g/mol. The van der Waals surface area contributed by atoms with Gasteiger partial charge in [-0.15, -0.1) is 0 Å². The standard InChI is InChI=1S/C14H20N2O5/c17-12-15-6-8-19-10-11-20-9-7-16-14(18)21-13-4-2-1-3-5-13/h1-5,12H,6-11H2,(H,15,17)(H,16,18). The van der Waals surface area contributed by atoms with E-state index in [-0.39, 0.29) is 0 Å². The Kier molecular flexibility index (Phi) is 9.42. The van der Waals surface area contributed by atoms with E-state index in [1.54, 1.807) is 24.3 Å². The molecule has 1 rings (SSSR count). The molecular formula is C14H20N2O5. The van der Waals surface area contributed by atoms with Gasteiger partial charge in [0.15, 0.2) is 0 Å². The maximum Gasteiger partial charge on any atom is 0.412 e. The molecule has 0 atom stereocenters. The summed E-state index contributed by atoms with van der Waals surface area (Å²) < 4.78 is 15.5. The minimum Gasteiger partial charge on any atom is -0.410 e. The Balaban J connectivity index is 1.90. The summed E-state index contributed by atoms with van der Waals surface area (Å²) in [6.07, 6.45) is 0.112. The first-order valence-corrected chi connectivity index (χ1v) is 6.66. The largest absolute Gasteiger partial charge is 0.412 e. The van der Waals surface area contributed by atoms with Crippen LogP contribution in [0.4, 0.5) is 4.79 Å². The zero-order valence-corrected chi connectivity index (χ0v) is 11.7. The molecule has 0 aliphatic carbocycles. The van der Waals surface area contributed by atoms with E-state index in [1.165, 1.54) is 0 Å². The van der Waals surface area contributed by atoms with Gasteiger partial charge in [0.1, 0.15) is 5.75 Å². The number of ether oxygens (including phenoxy) is 3. The number of hydrogen-bond donors (Lipinski definition) is 2. The molecule has 2 amide bonds. The molecule has 7 heteroatoms. The molecule has 0 aliphatic rings. The number of para-hydroxylation sites is 1. The van der Waals surface area contributed by atoms with Gasteiger partial charge in [0.25, 0.3) is 0 Å². The Morgan fingerprint density at radius 2 is 1.67 bits per heavy atom. The lowest BCUT2D eigenvalue weighted by Gasteiger charge is -2.07. The lowest BCUT2D eigenvalue weighted by Crippen LogP contribution is -2.30. The van der Waals surface area contributed by atoms with Crippen LogP contribution in [-0.2, 0) is 14.3 Å². The fourth-order valence-electron chi connectivity index (χ4n) is 1.37. The fraction of sp³-hybridized carbons (Fsp3) is 0.429. The highest BCUT2D eigenvalue weighted by Crippen LogP contribution is 2.07. The topological polar surface area (TPSA) is 85.9 Å². The van der Waals surface area contributed by atoms with Gasteiger partial charge < -0.3 is 24.8 Å². The highest BCUT2D eigenvalue weighted by atomic mass is 16.6. The molecule has 0 bridgehead atoms. The lowest BCUT2D eigenvalue weighted by molar-refractivity contribution is -0.109. The number of benzene rings is 1. The number of amides is 2. The summed E-state index contributed by atoms with van der Waals surface area (Å²) in [5.41, 5.74) is 0. The smallest absolute Gasteiger partial charge is 0.410 e. The normalized spacial score (nSPS) is 9.90. The molecule has 0 saturated heterocycles. The van der Waals surface area contributed by atoms with Gasteiger partial charge in [-0.2, -0.15) is 0 Å². The number of carbonyl (C=O) groups is 2.